The van der Waals surface area contributed by atoms with Crippen molar-refractivity contribution in [1.82, 2.24) is 14.8 Å². The van der Waals surface area contributed by atoms with E-state index in [9.17, 15) is 10.2 Å². The van der Waals surface area contributed by atoms with Crippen LogP contribution in [0.15, 0.2) is 48.5 Å². The van der Waals surface area contributed by atoms with Gasteiger partial charge in [0.2, 0.25) is 0 Å². The fourth-order valence-corrected chi connectivity index (χ4v) is 2.74. The zero-order valence-electron chi connectivity index (χ0n) is 14.8. The smallest absolute Gasteiger partial charge is 0.181 e. The summed E-state index contributed by atoms with van der Waals surface area (Å²) in [6, 6.07) is 15.5. The number of hydrogen-bond acceptors (Lipinski definition) is 4. The minimum Gasteiger partial charge on any atom is -0.392 e. The van der Waals surface area contributed by atoms with E-state index in [4.69, 9.17) is 10.1 Å². The van der Waals surface area contributed by atoms with Crippen molar-refractivity contribution in [2.45, 2.75) is 39.5 Å². The van der Waals surface area contributed by atoms with Gasteiger partial charge in [0, 0.05) is 11.1 Å². The van der Waals surface area contributed by atoms with Crippen molar-refractivity contribution < 1.29 is 10.2 Å². The van der Waals surface area contributed by atoms with E-state index in [1.54, 1.807) is 0 Å². The standard InChI is InChI=1S/C20H23N3O2/c1-20(2,3)23-19(15-9-10-16(12-24)17(11-15)13-25)21-18(22-23)14-7-5-4-6-8-14/h4-11,24-25H,12-13H2,1-3H3. The van der Waals surface area contributed by atoms with Crippen LogP contribution >= 0.6 is 0 Å². The van der Waals surface area contributed by atoms with Gasteiger partial charge in [-0.05, 0) is 38.0 Å². The van der Waals surface area contributed by atoms with Crippen LogP contribution in [0.5, 0.6) is 0 Å². The van der Waals surface area contributed by atoms with Crippen molar-refractivity contribution in [3.05, 3.63) is 59.7 Å². The molecule has 130 valence electrons. The van der Waals surface area contributed by atoms with E-state index in [1.807, 2.05) is 53.2 Å². The summed E-state index contributed by atoms with van der Waals surface area (Å²) in [5.74, 6) is 1.41. The first-order valence-electron chi connectivity index (χ1n) is 8.31. The van der Waals surface area contributed by atoms with E-state index < -0.39 is 0 Å². The lowest BCUT2D eigenvalue weighted by Gasteiger charge is -2.21. The number of aromatic nitrogens is 3. The predicted molar refractivity (Wildman–Crippen MR) is 97.7 cm³/mol. The van der Waals surface area contributed by atoms with Gasteiger partial charge in [-0.3, -0.25) is 0 Å². The molecule has 5 nitrogen and oxygen atoms in total. The molecule has 2 N–H and O–H groups in total. The van der Waals surface area contributed by atoms with Gasteiger partial charge in [0.15, 0.2) is 11.6 Å². The Labute approximate surface area is 147 Å². The van der Waals surface area contributed by atoms with Crippen LogP contribution in [0.2, 0.25) is 0 Å². The Balaban J connectivity index is 2.16. The second kappa shape index (κ2) is 6.78. The first-order chi connectivity index (χ1) is 11.9. The number of rotatable bonds is 4. The summed E-state index contributed by atoms with van der Waals surface area (Å²) >= 11 is 0. The van der Waals surface area contributed by atoms with Crippen molar-refractivity contribution in [3.8, 4) is 22.8 Å². The lowest BCUT2D eigenvalue weighted by molar-refractivity contribution is 0.260. The molecular formula is C20H23N3O2. The third-order valence-electron chi connectivity index (χ3n) is 4.08. The summed E-state index contributed by atoms with van der Waals surface area (Å²) in [4.78, 5) is 4.76. The molecule has 0 aliphatic carbocycles. The minimum atomic E-state index is -0.246. The monoisotopic (exact) mass is 337 g/mol. The van der Waals surface area contributed by atoms with Crippen LogP contribution in [0.4, 0.5) is 0 Å². The van der Waals surface area contributed by atoms with E-state index in [0.29, 0.717) is 11.4 Å². The molecule has 0 radical (unpaired) electrons. The zero-order chi connectivity index (χ0) is 18.0. The Hall–Kier alpha value is -2.50. The molecule has 0 unspecified atom stereocenters. The van der Waals surface area contributed by atoms with Crippen molar-refractivity contribution >= 4 is 0 Å². The van der Waals surface area contributed by atoms with Gasteiger partial charge < -0.3 is 10.2 Å². The van der Waals surface area contributed by atoms with Crippen LogP contribution in [-0.2, 0) is 18.8 Å². The van der Waals surface area contributed by atoms with Gasteiger partial charge in [0.05, 0.1) is 18.8 Å². The average molecular weight is 337 g/mol. The highest BCUT2D eigenvalue weighted by atomic mass is 16.3. The quantitative estimate of drug-likeness (QED) is 0.766. The number of hydrogen-bond donors (Lipinski definition) is 2. The molecule has 0 atom stereocenters. The molecule has 5 heteroatoms. The fourth-order valence-electron chi connectivity index (χ4n) is 2.74. The van der Waals surface area contributed by atoms with Crippen molar-refractivity contribution in [2.24, 2.45) is 0 Å². The van der Waals surface area contributed by atoms with Crippen LogP contribution in [0.1, 0.15) is 31.9 Å². The molecule has 0 spiro atoms. The number of benzene rings is 2. The maximum Gasteiger partial charge on any atom is 0.181 e. The second-order valence-corrected chi connectivity index (χ2v) is 7.01. The molecular weight excluding hydrogens is 314 g/mol. The highest BCUT2D eigenvalue weighted by Gasteiger charge is 2.23. The Morgan fingerprint density at radius 1 is 0.880 bits per heavy atom. The van der Waals surface area contributed by atoms with Gasteiger partial charge in [0.25, 0.3) is 0 Å². The Morgan fingerprint density at radius 2 is 1.56 bits per heavy atom. The molecule has 0 aliphatic heterocycles. The summed E-state index contributed by atoms with van der Waals surface area (Å²) in [5, 5.41) is 23.7. The molecule has 3 rings (SSSR count). The Bertz CT molecular complexity index is 864. The van der Waals surface area contributed by atoms with Gasteiger partial charge >= 0.3 is 0 Å². The Kier molecular flexibility index (Phi) is 4.70. The number of nitrogens with zero attached hydrogens (tertiary/aromatic N) is 3. The summed E-state index contributed by atoms with van der Waals surface area (Å²) in [5.41, 5.74) is 3.00. The van der Waals surface area contributed by atoms with Crippen LogP contribution in [0, 0.1) is 0 Å². The van der Waals surface area contributed by atoms with Gasteiger partial charge in [-0.2, -0.15) is 0 Å². The van der Waals surface area contributed by atoms with Crippen LogP contribution in [0.25, 0.3) is 22.8 Å². The Morgan fingerprint density at radius 3 is 2.16 bits per heavy atom. The summed E-state index contributed by atoms with van der Waals surface area (Å²) in [7, 11) is 0. The van der Waals surface area contributed by atoms with E-state index >= 15 is 0 Å². The molecule has 25 heavy (non-hydrogen) atoms. The normalized spacial score (nSPS) is 11.7. The van der Waals surface area contributed by atoms with E-state index in [0.717, 1.165) is 22.5 Å². The molecule has 0 fully saturated rings. The zero-order valence-corrected chi connectivity index (χ0v) is 14.8. The fraction of sp³-hybridized carbons (Fsp3) is 0.300. The molecule has 0 amide bonds. The summed E-state index contributed by atoms with van der Waals surface area (Å²) in [6.07, 6.45) is 0. The second-order valence-electron chi connectivity index (χ2n) is 7.01. The summed E-state index contributed by atoms with van der Waals surface area (Å²) < 4.78 is 1.91. The van der Waals surface area contributed by atoms with E-state index in [1.165, 1.54) is 0 Å². The van der Waals surface area contributed by atoms with Crippen molar-refractivity contribution in [3.63, 3.8) is 0 Å². The first kappa shape index (κ1) is 17.3. The maximum atomic E-state index is 9.58. The first-order valence-corrected chi connectivity index (χ1v) is 8.31. The topological polar surface area (TPSA) is 71.2 Å². The molecule has 2 aromatic carbocycles. The summed E-state index contributed by atoms with van der Waals surface area (Å²) in [6.45, 7) is 6.01. The SMILES string of the molecule is CC(C)(C)n1nc(-c2ccccc2)nc1-c1ccc(CO)c(CO)c1. The third kappa shape index (κ3) is 3.48. The molecule has 0 aliphatic rings. The lowest BCUT2D eigenvalue weighted by Crippen LogP contribution is -2.24. The predicted octanol–water partition coefficient (Wildman–Crippen LogP) is 3.35. The molecule has 0 saturated heterocycles. The van der Waals surface area contributed by atoms with Gasteiger partial charge in [-0.25, -0.2) is 9.67 Å². The molecule has 0 saturated carbocycles. The molecule has 1 heterocycles. The van der Waals surface area contributed by atoms with E-state index in [2.05, 4.69) is 20.8 Å². The average Bonchev–Trinajstić information content (AvgIpc) is 3.07. The molecule has 1 aromatic heterocycles. The maximum absolute atomic E-state index is 9.58. The van der Waals surface area contributed by atoms with E-state index in [-0.39, 0.29) is 18.8 Å². The minimum absolute atomic E-state index is 0.0998. The van der Waals surface area contributed by atoms with Crippen LogP contribution < -0.4 is 0 Å². The number of aliphatic hydroxyl groups is 2. The highest BCUT2D eigenvalue weighted by Crippen LogP contribution is 2.29. The van der Waals surface area contributed by atoms with Crippen molar-refractivity contribution in [1.29, 1.82) is 0 Å². The van der Waals surface area contributed by atoms with Gasteiger partial charge in [0.1, 0.15) is 0 Å². The van der Waals surface area contributed by atoms with Crippen molar-refractivity contribution in [2.75, 3.05) is 0 Å². The highest BCUT2D eigenvalue weighted by molar-refractivity contribution is 5.63. The lowest BCUT2D eigenvalue weighted by atomic mass is 10.0. The number of aliphatic hydroxyl groups excluding tert-OH is 2. The van der Waals surface area contributed by atoms with Crippen LogP contribution in [0.3, 0.4) is 0 Å². The van der Waals surface area contributed by atoms with Crippen LogP contribution in [-0.4, -0.2) is 25.0 Å². The third-order valence-corrected chi connectivity index (χ3v) is 4.08. The molecule has 0 bridgehead atoms. The molecule has 3 aromatic rings. The van der Waals surface area contributed by atoms with Gasteiger partial charge in [-0.15, -0.1) is 5.10 Å². The largest absolute Gasteiger partial charge is 0.392 e. The van der Waals surface area contributed by atoms with Gasteiger partial charge in [-0.1, -0.05) is 42.5 Å².